The lowest BCUT2D eigenvalue weighted by Crippen LogP contribution is -2.19. The summed E-state index contributed by atoms with van der Waals surface area (Å²) in [6.45, 7) is 3.67. The molecule has 4 rings (SSSR count). The highest BCUT2D eigenvalue weighted by Crippen LogP contribution is 2.43. The van der Waals surface area contributed by atoms with Crippen LogP contribution in [0.4, 0.5) is 5.00 Å². The summed E-state index contributed by atoms with van der Waals surface area (Å²) in [7, 11) is 0. The summed E-state index contributed by atoms with van der Waals surface area (Å²) in [6, 6.07) is 17.7. The first-order chi connectivity index (χ1) is 15.4. The minimum absolute atomic E-state index is 0.163. The monoisotopic (exact) mass is 467 g/mol. The highest BCUT2D eigenvalue weighted by molar-refractivity contribution is 7.17. The molecule has 0 spiro atoms. The molecule has 0 radical (unpaired) electrons. The van der Waals surface area contributed by atoms with Gasteiger partial charge in [-0.1, -0.05) is 54.1 Å². The first-order valence-corrected chi connectivity index (χ1v) is 12.0. The van der Waals surface area contributed by atoms with Crippen LogP contribution in [0.3, 0.4) is 0 Å². The molecule has 1 aliphatic carbocycles. The fraction of sp³-hybridized carbons (Fsp3) is 0.308. The molecule has 0 unspecified atom stereocenters. The largest absolute Gasteiger partial charge is 0.459 e. The number of carbonyl (C=O) groups is 2. The second-order valence-electron chi connectivity index (χ2n) is 8.36. The van der Waals surface area contributed by atoms with Gasteiger partial charge < -0.3 is 10.1 Å². The lowest BCUT2D eigenvalue weighted by atomic mass is 9.83. The molecule has 166 valence electrons. The van der Waals surface area contributed by atoms with Crippen molar-refractivity contribution in [2.75, 3.05) is 5.32 Å². The molecule has 4 nitrogen and oxygen atoms in total. The number of esters is 1. The molecule has 3 aromatic rings. The van der Waals surface area contributed by atoms with Crippen LogP contribution in [0.5, 0.6) is 0 Å². The van der Waals surface area contributed by atoms with Gasteiger partial charge in [0.05, 0.1) is 18.1 Å². The van der Waals surface area contributed by atoms with Gasteiger partial charge in [0.2, 0.25) is 5.91 Å². The minimum Gasteiger partial charge on any atom is -0.459 e. The third kappa shape index (κ3) is 5.22. The quantitative estimate of drug-likeness (QED) is 0.425. The van der Waals surface area contributed by atoms with E-state index in [1.807, 2.05) is 32.0 Å². The Bertz CT molecular complexity index is 1110. The number of benzene rings is 2. The molecule has 32 heavy (non-hydrogen) atoms. The van der Waals surface area contributed by atoms with Crippen molar-refractivity contribution in [3.63, 3.8) is 0 Å². The highest BCUT2D eigenvalue weighted by atomic mass is 35.5. The smallest absolute Gasteiger partial charge is 0.341 e. The van der Waals surface area contributed by atoms with Gasteiger partial charge in [0.25, 0.3) is 0 Å². The van der Waals surface area contributed by atoms with Crippen molar-refractivity contribution >= 4 is 39.8 Å². The van der Waals surface area contributed by atoms with E-state index in [0.717, 1.165) is 35.3 Å². The Labute approximate surface area is 197 Å². The van der Waals surface area contributed by atoms with Gasteiger partial charge in [0.1, 0.15) is 5.00 Å². The van der Waals surface area contributed by atoms with E-state index >= 15 is 0 Å². The van der Waals surface area contributed by atoms with Gasteiger partial charge in [-0.2, -0.15) is 0 Å². The number of anilines is 1. The number of hydrogen-bond acceptors (Lipinski definition) is 4. The number of amides is 1. The molecule has 1 amide bonds. The standard InChI is InChI=1S/C26H26ClNO3S/c1-16(2)31-26(30)24-21-13-10-19(18-6-4-3-5-7-18)15-22(21)32-25(24)28-23(29)14-17-8-11-20(27)12-9-17/h3-9,11-12,16,19H,10,13-15H2,1-2H3,(H,28,29)/t19-/m1/s1. The summed E-state index contributed by atoms with van der Waals surface area (Å²) in [4.78, 5) is 26.9. The maximum atomic E-state index is 13.0. The van der Waals surface area contributed by atoms with Gasteiger partial charge in [-0.25, -0.2) is 4.79 Å². The number of rotatable bonds is 6. The highest BCUT2D eigenvalue weighted by Gasteiger charge is 2.31. The molecule has 0 bridgehead atoms. The molecule has 0 fully saturated rings. The number of thiophene rings is 1. The Morgan fingerprint density at radius 2 is 1.84 bits per heavy atom. The number of hydrogen-bond donors (Lipinski definition) is 1. The molecule has 0 aliphatic heterocycles. The van der Waals surface area contributed by atoms with E-state index in [-0.39, 0.29) is 24.4 Å². The lowest BCUT2D eigenvalue weighted by Gasteiger charge is -2.23. The molecule has 0 saturated carbocycles. The first kappa shape index (κ1) is 22.6. The average molecular weight is 468 g/mol. The Morgan fingerprint density at radius 1 is 1.12 bits per heavy atom. The van der Waals surface area contributed by atoms with Crippen LogP contribution in [0.2, 0.25) is 5.02 Å². The molecule has 1 heterocycles. The predicted molar refractivity (Wildman–Crippen MR) is 130 cm³/mol. The molecule has 0 saturated heterocycles. The van der Waals surface area contributed by atoms with Crippen molar-refractivity contribution in [3.05, 3.63) is 86.8 Å². The first-order valence-electron chi connectivity index (χ1n) is 10.9. The van der Waals surface area contributed by atoms with Crippen LogP contribution in [0, 0.1) is 0 Å². The van der Waals surface area contributed by atoms with Crippen LogP contribution >= 0.6 is 22.9 Å². The van der Waals surface area contributed by atoms with Gasteiger partial charge in [-0.05, 0) is 67.9 Å². The topological polar surface area (TPSA) is 55.4 Å². The van der Waals surface area contributed by atoms with Gasteiger partial charge in [0.15, 0.2) is 0 Å². The van der Waals surface area contributed by atoms with Crippen LogP contribution in [0.15, 0.2) is 54.6 Å². The van der Waals surface area contributed by atoms with Crippen molar-refractivity contribution in [3.8, 4) is 0 Å². The van der Waals surface area contributed by atoms with Crippen LogP contribution in [-0.2, 0) is 28.8 Å². The predicted octanol–water partition coefficient (Wildman–Crippen LogP) is 6.42. The Morgan fingerprint density at radius 3 is 2.53 bits per heavy atom. The second kappa shape index (κ2) is 9.88. The second-order valence-corrected chi connectivity index (χ2v) is 9.91. The maximum Gasteiger partial charge on any atom is 0.341 e. The van der Waals surface area contributed by atoms with Gasteiger partial charge in [-0.15, -0.1) is 11.3 Å². The van der Waals surface area contributed by atoms with Crippen LogP contribution in [0.1, 0.15) is 58.1 Å². The molecular formula is C26H26ClNO3S. The van der Waals surface area contributed by atoms with Crippen molar-refractivity contribution in [2.24, 2.45) is 0 Å². The summed E-state index contributed by atoms with van der Waals surface area (Å²) < 4.78 is 5.53. The summed E-state index contributed by atoms with van der Waals surface area (Å²) >= 11 is 7.44. The third-order valence-electron chi connectivity index (χ3n) is 5.61. The van der Waals surface area contributed by atoms with Crippen molar-refractivity contribution in [1.29, 1.82) is 0 Å². The SMILES string of the molecule is CC(C)OC(=O)c1c(NC(=O)Cc2ccc(Cl)cc2)sc2c1CC[C@@H](c1ccccc1)C2. The van der Waals surface area contributed by atoms with E-state index in [4.69, 9.17) is 16.3 Å². The number of ether oxygens (including phenoxy) is 1. The average Bonchev–Trinajstić information content (AvgIpc) is 3.12. The van der Waals surface area contributed by atoms with E-state index in [1.165, 1.54) is 16.9 Å². The van der Waals surface area contributed by atoms with E-state index in [1.54, 1.807) is 12.1 Å². The van der Waals surface area contributed by atoms with E-state index in [0.29, 0.717) is 21.5 Å². The molecule has 2 aromatic carbocycles. The van der Waals surface area contributed by atoms with E-state index < -0.39 is 0 Å². The van der Waals surface area contributed by atoms with Crippen molar-refractivity contribution < 1.29 is 14.3 Å². The normalized spacial score (nSPS) is 15.3. The molecule has 1 aliphatic rings. The lowest BCUT2D eigenvalue weighted by molar-refractivity contribution is -0.115. The molecule has 1 N–H and O–H groups in total. The van der Waals surface area contributed by atoms with Crippen molar-refractivity contribution in [2.45, 2.75) is 51.6 Å². The van der Waals surface area contributed by atoms with Crippen LogP contribution < -0.4 is 5.32 Å². The Kier molecular flexibility index (Phi) is 6.97. The number of carbonyl (C=O) groups excluding carboxylic acids is 2. The number of nitrogens with one attached hydrogen (secondary N) is 1. The zero-order valence-electron chi connectivity index (χ0n) is 18.2. The molecule has 1 atom stereocenters. The van der Waals surface area contributed by atoms with Crippen LogP contribution in [-0.4, -0.2) is 18.0 Å². The minimum atomic E-state index is -0.363. The fourth-order valence-electron chi connectivity index (χ4n) is 4.13. The molecule has 1 aromatic heterocycles. The third-order valence-corrected chi connectivity index (χ3v) is 7.04. The van der Waals surface area contributed by atoms with E-state index in [9.17, 15) is 9.59 Å². The summed E-state index contributed by atoms with van der Waals surface area (Å²) in [5, 5.41) is 4.21. The zero-order valence-corrected chi connectivity index (χ0v) is 19.8. The van der Waals surface area contributed by atoms with Gasteiger partial charge >= 0.3 is 5.97 Å². The number of halogens is 1. The number of fused-ring (bicyclic) bond motifs is 1. The van der Waals surface area contributed by atoms with E-state index in [2.05, 4.69) is 29.6 Å². The van der Waals surface area contributed by atoms with Crippen molar-refractivity contribution in [1.82, 2.24) is 0 Å². The van der Waals surface area contributed by atoms with Gasteiger partial charge in [0, 0.05) is 9.90 Å². The Balaban J connectivity index is 1.59. The molecular weight excluding hydrogens is 442 g/mol. The summed E-state index contributed by atoms with van der Waals surface area (Å²) in [5.74, 6) is -0.115. The van der Waals surface area contributed by atoms with Crippen LogP contribution in [0.25, 0.3) is 0 Å². The fourth-order valence-corrected chi connectivity index (χ4v) is 5.59. The van der Waals surface area contributed by atoms with Gasteiger partial charge in [-0.3, -0.25) is 4.79 Å². The Hall–Kier alpha value is -2.63. The zero-order chi connectivity index (χ0) is 22.7. The summed E-state index contributed by atoms with van der Waals surface area (Å²) in [5.41, 5.74) is 3.72. The summed E-state index contributed by atoms with van der Waals surface area (Å²) in [6.07, 6.45) is 2.61. The maximum absolute atomic E-state index is 13.0. The molecule has 6 heteroatoms.